The Morgan fingerprint density at radius 1 is 1.41 bits per heavy atom. The van der Waals surface area contributed by atoms with Crippen molar-refractivity contribution < 1.29 is 17.9 Å². The second-order valence-corrected chi connectivity index (χ2v) is 4.05. The molecular formula is C11H13F3N2O. The molecule has 0 saturated carbocycles. The molecule has 1 aromatic rings. The van der Waals surface area contributed by atoms with E-state index in [9.17, 15) is 13.2 Å². The normalized spacial score (nSPS) is 26.0. The van der Waals surface area contributed by atoms with Crippen molar-refractivity contribution in [2.75, 3.05) is 18.1 Å². The van der Waals surface area contributed by atoms with Crippen molar-refractivity contribution in [3.63, 3.8) is 0 Å². The van der Waals surface area contributed by atoms with Gasteiger partial charge in [0.25, 0.3) is 0 Å². The molecule has 3 nitrogen and oxygen atoms in total. The van der Waals surface area contributed by atoms with Crippen molar-refractivity contribution in [3.05, 3.63) is 24.4 Å². The summed E-state index contributed by atoms with van der Waals surface area (Å²) in [7, 11) is 0. The molecule has 1 aliphatic rings. The number of pyridine rings is 1. The summed E-state index contributed by atoms with van der Waals surface area (Å²) in [5, 5.41) is 0. The lowest BCUT2D eigenvalue weighted by atomic mass is 10.2. The van der Waals surface area contributed by atoms with Crippen LogP contribution in [0.1, 0.15) is 6.92 Å². The molecule has 6 heteroatoms. The molecule has 0 bridgehead atoms. The van der Waals surface area contributed by atoms with E-state index in [1.165, 1.54) is 0 Å². The van der Waals surface area contributed by atoms with Crippen LogP contribution in [0.3, 0.4) is 0 Å². The van der Waals surface area contributed by atoms with Gasteiger partial charge >= 0.3 is 6.18 Å². The lowest BCUT2D eigenvalue weighted by Crippen LogP contribution is -2.53. The fourth-order valence-corrected chi connectivity index (χ4v) is 1.80. The SMILES string of the molecule is CC1COC(C(F)(F)F)CN1c1ccccn1. The zero-order valence-electron chi connectivity index (χ0n) is 9.31. The number of anilines is 1. The highest BCUT2D eigenvalue weighted by Crippen LogP contribution is 2.29. The van der Waals surface area contributed by atoms with E-state index < -0.39 is 12.3 Å². The lowest BCUT2D eigenvalue weighted by molar-refractivity contribution is -0.224. The molecule has 0 amide bonds. The first-order valence-corrected chi connectivity index (χ1v) is 5.34. The number of ether oxygens (including phenoxy) is 1. The van der Waals surface area contributed by atoms with Crippen molar-refractivity contribution in [3.8, 4) is 0 Å². The van der Waals surface area contributed by atoms with E-state index in [-0.39, 0.29) is 19.2 Å². The number of hydrogen-bond donors (Lipinski definition) is 0. The maximum atomic E-state index is 12.6. The lowest BCUT2D eigenvalue weighted by Gasteiger charge is -2.39. The average Bonchev–Trinajstić information content (AvgIpc) is 2.29. The number of aromatic nitrogens is 1. The minimum atomic E-state index is -4.33. The highest BCUT2D eigenvalue weighted by Gasteiger charge is 2.45. The summed E-state index contributed by atoms with van der Waals surface area (Å²) in [5.74, 6) is 0.553. The molecule has 0 aliphatic carbocycles. The summed E-state index contributed by atoms with van der Waals surface area (Å²) in [4.78, 5) is 5.70. The number of hydrogen-bond acceptors (Lipinski definition) is 3. The maximum absolute atomic E-state index is 12.6. The van der Waals surface area contributed by atoms with Crippen LogP contribution in [-0.2, 0) is 4.74 Å². The van der Waals surface area contributed by atoms with Gasteiger partial charge in [-0.1, -0.05) is 6.07 Å². The molecule has 0 N–H and O–H groups in total. The minimum absolute atomic E-state index is 0.0563. The van der Waals surface area contributed by atoms with Gasteiger partial charge in [-0.3, -0.25) is 0 Å². The molecule has 1 aromatic heterocycles. The van der Waals surface area contributed by atoms with Gasteiger partial charge in [-0.25, -0.2) is 4.98 Å². The number of halogens is 3. The monoisotopic (exact) mass is 246 g/mol. The minimum Gasteiger partial charge on any atom is -0.365 e. The van der Waals surface area contributed by atoms with Crippen molar-refractivity contribution in [2.45, 2.75) is 25.2 Å². The van der Waals surface area contributed by atoms with E-state index in [1.807, 2.05) is 6.92 Å². The number of rotatable bonds is 1. The van der Waals surface area contributed by atoms with Crippen LogP contribution >= 0.6 is 0 Å². The van der Waals surface area contributed by atoms with Gasteiger partial charge in [0.05, 0.1) is 19.2 Å². The maximum Gasteiger partial charge on any atom is 0.416 e. The molecule has 0 spiro atoms. The zero-order chi connectivity index (χ0) is 12.5. The summed E-state index contributed by atoms with van der Waals surface area (Å²) in [6.45, 7) is 1.67. The second-order valence-electron chi connectivity index (χ2n) is 4.05. The van der Waals surface area contributed by atoms with Crippen LogP contribution in [0.5, 0.6) is 0 Å². The van der Waals surface area contributed by atoms with Gasteiger partial charge in [0, 0.05) is 6.20 Å². The van der Waals surface area contributed by atoms with Crippen LogP contribution in [0.25, 0.3) is 0 Å². The Morgan fingerprint density at radius 3 is 2.76 bits per heavy atom. The molecule has 17 heavy (non-hydrogen) atoms. The molecule has 1 aliphatic heterocycles. The van der Waals surface area contributed by atoms with Crippen LogP contribution < -0.4 is 4.90 Å². The fourth-order valence-electron chi connectivity index (χ4n) is 1.80. The summed E-state index contributed by atoms with van der Waals surface area (Å²) in [5.41, 5.74) is 0. The summed E-state index contributed by atoms with van der Waals surface area (Å²) >= 11 is 0. The van der Waals surface area contributed by atoms with Gasteiger partial charge < -0.3 is 9.64 Å². The molecule has 94 valence electrons. The van der Waals surface area contributed by atoms with Crippen molar-refractivity contribution in [1.29, 1.82) is 0 Å². The predicted octanol–water partition coefficient (Wildman–Crippen LogP) is 2.24. The number of morpholine rings is 1. The second kappa shape index (κ2) is 4.52. The van der Waals surface area contributed by atoms with Crippen LogP contribution in [-0.4, -0.2) is 36.5 Å². The Morgan fingerprint density at radius 2 is 2.18 bits per heavy atom. The Labute approximate surface area is 97.2 Å². The molecule has 1 fully saturated rings. The van der Waals surface area contributed by atoms with E-state index in [2.05, 4.69) is 4.98 Å². The first-order valence-electron chi connectivity index (χ1n) is 5.34. The topological polar surface area (TPSA) is 25.4 Å². The quantitative estimate of drug-likeness (QED) is 0.759. The van der Waals surface area contributed by atoms with Crippen molar-refractivity contribution >= 4 is 5.82 Å². The van der Waals surface area contributed by atoms with Gasteiger partial charge in [0.1, 0.15) is 5.82 Å². The molecule has 1 saturated heterocycles. The van der Waals surface area contributed by atoms with Crippen LogP contribution in [0.2, 0.25) is 0 Å². The van der Waals surface area contributed by atoms with Gasteiger partial charge in [-0.15, -0.1) is 0 Å². The number of alkyl halides is 3. The molecule has 0 radical (unpaired) electrons. The van der Waals surface area contributed by atoms with E-state index >= 15 is 0 Å². The number of nitrogens with zero attached hydrogens (tertiary/aromatic N) is 2. The third-order valence-electron chi connectivity index (χ3n) is 2.74. The van der Waals surface area contributed by atoms with E-state index in [4.69, 9.17) is 4.74 Å². The highest BCUT2D eigenvalue weighted by molar-refractivity contribution is 5.39. The molecule has 0 aromatic carbocycles. The fraction of sp³-hybridized carbons (Fsp3) is 0.545. The smallest absolute Gasteiger partial charge is 0.365 e. The van der Waals surface area contributed by atoms with Gasteiger partial charge in [0.15, 0.2) is 6.10 Å². The third kappa shape index (κ3) is 2.69. The summed E-state index contributed by atoms with van der Waals surface area (Å²) < 4.78 is 42.6. The standard InChI is InChI=1S/C11H13F3N2O/c1-8-7-17-9(11(12,13)14)6-16(8)10-4-2-3-5-15-10/h2-5,8-9H,6-7H2,1H3. The Balaban J connectivity index is 2.16. The highest BCUT2D eigenvalue weighted by atomic mass is 19.4. The predicted molar refractivity (Wildman–Crippen MR) is 56.8 cm³/mol. The van der Waals surface area contributed by atoms with Gasteiger partial charge in [-0.2, -0.15) is 13.2 Å². The first kappa shape index (κ1) is 12.2. The molecule has 2 heterocycles. The zero-order valence-corrected chi connectivity index (χ0v) is 9.31. The molecular weight excluding hydrogens is 233 g/mol. The van der Waals surface area contributed by atoms with E-state index in [1.54, 1.807) is 29.3 Å². The molecule has 2 atom stereocenters. The van der Waals surface area contributed by atoms with Gasteiger partial charge in [-0.05, 0) is 19.1 Å². The summed E-state index contributed by atoms with van der Waals surface area (Å²) in [6, 6.07) is 5.08. The Bertz CT molecular complexity index is 369. The van der Waals surface area contributed by atoms with Crippen molar-refractivity contribution in [2.24, 2.45) is 0 Å². The largest absolute Gasteiger partial charge is 0.416 e. The first-order chi connectivity index (χ1) is 7.98. The average molecular weight is 246 g/mol. The summed E-state index contributed by atoms with van der Waals surface area (Å²) in [6.07, 6.45) is -4.49. The Hall–Kier alpha value is -1.30. The molecule has 2 unspecified atom stereocenters. The van der Waals surface area contributed by atoms with Gasteiger partial charge in [0.2, 0.25) is 0 Å². The van der Waals surface area contributed by atoms with Crippen LogP contribution in [0, 0.1) is 0 Å². The van der Waals surface area contributed by atoms with E-state index in [0.29, 0.717) is 5.82 Å². The Kier molecular flexibility index (Phi) is 3.24. The van der Waals surface area contributed by atoms with Crippen LogP contribution in [0.15, 0.2) is 24.4 Å². The van der Waals surface area contributed by atoms with E-state index in [0.717, 1.165) is 0 Å². The third-order valence-corrected chi connectivity index (χ3v) is 2.74. The van der Waals surface area contributed by atoms with Crippen molar-refractivity contribution in [1.82, 2.24) is 4.98 Å². The van der Waals surface area contributed by atoms with Crippen LogP contribution in [0.4, 0.5) is 19.0 Å². The molecule has 2 rings (SSSR count).